The first-order valence-corrected chi connectivity index (χ1v) is 10.0. The number of aryl methyl sites for hydroxylation is 1. The van der Waals surface area contributed by atoms with Crippen molar-refractivity contribution in [1.29, 1.82) is 0 Å². The van der Waals surface area contributed by atoms with Crippen molar-refractivity contribution in [2.45, 2.75) is 13.3 Å². The number of anilines is 1. The van der Waals surface area contributed by atoms with Gasteiger partial charge >= 0.3 is 0 Å². The van der Waals surface area contributed by atoms with Crippen LogP contribution < -0.4 is 9.62 Å². The Hall–Kier alpha value is -2.05. The van der Waals surface area contributed by atoms with Gasteiger partial charge in [-0.05, 0) is 36.8 Å². The van der Waals surface area contributed by atoms with Gasteiger partial charge in [-0.1, -0.05) is 41.4 Å². The third-order valence-electron chi connectivity index (χ3n) is 3.64. The van der Waals surface area contributed by atoms with Gasteiger partial charge in [-0.3, -0.25) is 9.10 Å². The van der Waals surface area contributed by atoms with Gasteiger partial charge in [-0.25, -0.2) is 8.42 Å². The van der Waals surface area contributed by atoms with Crippen LogP contribution in [0.2, 0.25) is 5.02 Å². The molecule has 5 nitrogen and oxygen atoms in total. The van der Waals surface area contributed by atoms with Gasteiger partial charge in [0.05, 0.1) is 24.9 Å². The molecule has 0 unspecified atom stereocenters. The van der Waals surface area contributed by atoms with Crippen LogP contribution >= 0.6 is 11.6 Å². The van der Waals surface area contributed by atoms with Crippen LogP contribution in [-0.2, 0) is 21.2 Å². The van der Waals surface area contributed by atoms with Crippen molar-refractivity contribution in [1.82, 2.24) is 5.32 Å². The second kappa shape index (κ2) is 8.36. The van der Waals surface area contributed by atoms with Gasteiger partial charge in [-0.2, -0.15) is 0 Å². The maximum Gasteiger partial charge on any atom is 0.232 e. The average Bonchev–Trinajstić information content (AvgIpc) is 2.54. The predicted molar refractivity (Wildman–Crippen MR) is 102 cm³/mol. The molecular formula is C18H21ClN2O3S. The Morgan fingerprint density at radius 1 is 1.08 bits per heavy atom. The molecule has 134 valence electrons. The number of carbonyl (C=O) groups is 1. The zero-order valence-electron chi connectivity index (χ0n) is 14.2. The van der Waals surface area contributed by atoms with Crippen molar-refractivity contribution in [3.05, 3.63) is 64.7 Å². The Labute approximate surface area is 153 Å². The summed E-state index contributed by atoms with van der Waals surface area (Å²) in [5.41, 5.74) is 2.48. The number of rotatable bonds is 7. The number of nitrogens with zero attached hydrogens (tertiary/aromatic N) is 1. The summed E-state index contributed by atoms with van der Waals surface area (Å²) < 4.78 is 25.3. The summed E-state index contributed by atoms with van der Waals surface area (Å²) in [7, 11) is -3.43. The minimum Gasteiger partial charge on any atom is -0.354 e. The first kappa shape index (κ1) is 19.3. The van der Waals surface area contributed by atoms with Gasteiger partial charge in [0, 0.05) is 11.6 Å². The van der Waals surface area contributed by atoms with Gasteiger partial charge in [0.15, 0.2) is 0 Å². The van der Waals surface area contributed by atoms with Crippen LogP contribution in [0.4, 0.5) is 5.69 Å². The lowest BCUT2D eigenvalue weighted by Gasteiger charge is -2.22. The molecule has 0 bridgehead atoms. The van der Waals surface area contributed by atoms with Gasteiger partial charge in [0.2, 0.25) is 15.9 Å². The molecule has 1 N–H and O–H groups in total. The van der Waals surface area contributed by atoms with Crippen LogP contribution in [0.1, 0.15) is 11.1 Å². The van der Waals surface area contributed by atoms with Crippen LogP contribution in [0.3, 0.4) is 0 Å². The molecule has 0 spiro atoms. The minimum atomic E-state index is -3.43. The maximum absolute atomic E-state index is 12.0. The number of halogens is 1. The third-order valence-corrected chi connectivity index (χ3v) is 5.08. The van der Waals surface area contributed by atoms with E-state index in [0.29, 0.717) is 10.7 Å². The molecular weight excluding hydrogens is 360 g/mol. The Kier molecular flexibility index (Phi) is 6.45. The second-order valence-corrected chi connectivity index (χ2v) is 8.17. The first-order valence-electron chi connectivity index (χ1n) is 7.81. The summed E-state index contributed by atoms with van der Waals surface area (Å²) in [4.78, 5) is 12.0. The molecule has 0 aliphatic rings. The summed E-state index contributed by atoms with van der Waals surface area (Å²) in [6.45, 7) is 2.34. The van der Waals surface area contributed by atoms with E-state index in [1.807, 2.05) is 19.1 Å². The van der Waals surface area contributed by atoms with Crippen molar-refractivity contribution in [3.8, 4) is 0 Å². The van der Waals surface area contributed by atoms with Crippen molar-refractivity contribution in [2.24, 2.45) is 0 Å². The molecule has 0 aromatic heterocycles. The highest BCUT2D eigenvalue weighted by Gasteiger charge is 2.17. The van der Waals surface area contributed by atoms with Crippen molar-refractivity contribution < 1.29 is 13.2 Å². The second-order valence-electron chi connectivity index (χ2n) is 5.82. The van der Waals surface area contributed by atoms with Gasteiger partial charge in [0.1, 0.15) is 0 Å². The van der Waals surface area contributed by atoms with Gasteiger partial charge in [-0.15, -0.1) is 0 Å². The average molecular weight is 381 g/mol. The molecule has 0 aliphatic carbocycles. The van der Waals surface area contributed by atoms with E-state index < -0.39 is 10.0 Å². The summed E-state index contributed by atoms with van der Waals surface area (Å²) >= 11 is 5.81. The molecule has 2 rings (SSSR count). The molecule has 1 amide bonds. The number of hydrogen-bond acceptors (Lipinski definition) is 3. The fraction of sp³-hybridized carbons (Fsp3) is 0.278. The number of carbonyl (C=O) groups excluding carboxylic acids is 1. The number of benzene rings is 2. The predicted octanol–water partition coefficient (Wildman–Crippen LogP) is 2.77. The Morgan fingerprint density at radius 3 is 2.24 bits per heavy atom. The molecule has 0 aliphatic heterocycles. The molecule has 0 saturated carbocycles. The third kappa shape index (κ3) is 6.07. The zero-order valence-corrected chi connectivity index (χ0v) is 15.8. The van der Waals surface area contributed by atoms with E-state index in [1.54, 1.807) is 36.4 Å². The van der Waals surface area contributed by atoms with E-state index >= 15 is 0 Å². The highest BCUT2D eigenvalue weighted by atomic mass is 35.5. The SMILES string of the molecule is Cc1ccc(N(CCNC(=O)Cc2ccc(Cl)cc2)S(C)(=O)=O)cc1. The number of hydrogen-bond donors (Lipinski definition) is 1. The summed E-state index contributed by atoms with van der Waals surface area (Å²) in [5, 5.41) is 3.37. The fourth-order valence-electron chi connectivity index (χ4n) is 2.34. The van der Waals surface area contributed by atoms with E-state index in [0.717, 1.165) is 17.4 Å². The molecule has 0 fully saturated rings. The van der Waals surface area contributed by atoms with E-state index in [9.17, 15) is 13.2 Å². The van der Waals surface area contributed by atoms with Crippen molar-refractivity contribution >= 4 is 33.2 Å². The van der Waals surface area contributed by atoms with Crippen LogP contribution in [0.25, 0.3) is 0 Å². The molecule has 0 saturated heterocycles. The quantitative estimate of drug-likeness (QED) is 0.803. The van der Waals surface area contributed by atoms with E-state index in [1.165, 1.54) is 4.31 Å². The summed E-state index contributed by atoms with van der Waals surface area (Å²) in [6.07, 6.45) is 1.38. The number of amides is 1. The smallest absolute Gasteiger partial charge is 0.232 e. The highest BCUT2D eigenvalue weighted by molar-refractivity contribution is 7.92. The first-order chi connectivity index (χ1) is 11.8. The van der Waals surface area contributed by atoms with E-state index in [2.05, 4.69) is 5.32 Å². The fourth-order valence-corrected chi connectivity index (χ4v) is 3.40. The molecule has 2 aromatic rings. The Morgan fingerprint density at radius 2 is 1.68 bits per heavy atom. The lowest BCUT2D eigenvalue weighted by Crippen LogP contribution is -2.38. The molecule has 7 heteroatoms. The lowest BCUT2D eigenvalue weighted by molar-refractivity contribution is -0.120. The molecule has 2 aromatic carbocycles. The minimum absolute atomic E-state index is 0.167. The van der Waals surface area contributed by atoms with E-state index in [-0.39, 0.29) is 25.4 Å². The number of nitrogens with one attached hydrogen (secondary N) is 1. The van der Waals surface area contributed by atoms with Gasteiger partial charge in [0.25, 0.3) is 0 Å². The molecule has 0 heterocycles. The van der Waals surface area contributed by atoms with Crippen molar-refractivity contribution in [3.63, 3.8) is 0 Å². The number of sulfonamides is 1. The molecule has 0 radical (unpaired) electrons. The van der Waals surface area contributed by atoms with Crippen LogP contribution in [0, 0.1) is 6.92 Å². The van der Waals surface area contributed by atoms with E-state index in [4.69, 9.17) is 11.6 Å². The van der Waals surface area contributed by atoms with Crippen LogP contribution in [0.5, 0.6) is 0 Å². The summed E-state index contributed by atoms with van der Waals surface area (Å²) in [6, 6.07) is 14.3. The monoisotopic (exact) mass is 380 g/mol. The van der Waals surface area contributed by atoms with Gasteiger partial charge < -0.3 is 5.32 Å². The highest BCUT2D eigenvalue weighted by Crippen LogP contribution is 2.17. The zero-order chi connectivity index (χ0) is 18.4. The summed E-state index contributed by atoms with van der Waals surface area (Å²) in [5.74, 6) is -0.167. The van der Waals surface area contributed by atoms with Crippen molar-refractivity contribution in [2.75, 3.05) is 23.7 Å². The lowest BCUT2D eigenvalue weighted by atomic mass is 10.1. The molecule has 0 atom stereocenters. The Balaban J connectivity index is 1.93. The topological polar surface area (TPSA) is 66.5 Å². The molecule has 25 heavy (non-hydrogen) atoms. The normalized spacial score (nSPS) is 11.2. The maximum atomic E-state index is 12.0. The standard InChI is InChI=1S/C18H21ClN2O3S/c1-14-3-9-17(10-4-14)21(25(2,23)24)12-11-20-18(22)13-15-5-7-16(19)8-6-15/h3-10H,11-13H2,1-2H3,(H,20,22). The Bertz CT molecular complexity index is 818. The van der Waals surface area contributed by atoms with Crippen LogP contribution in [-0.4, -0.2) is 33.7 Å². The van der Waals surface area contributed by atoms with Crippen LogP contribution in [0.15, 0.2) is 48.5 Å². The largest absolute Gasteiger partial charge is 0.354 e.